The third-order valence-corrected chi connectivity index (χ3v) is 5.04. The van der Waals surface area contributed by atoms with E-state index in [1.807, 2.05) is 0 Å². The van der Waals surface area contributed by atoms with E-state index in [9.17, 15) is 13.2 Å². The molecule has 0 spiro atoms. The topological polar surface area (TPSA) is 191 Å². The maximum absolute atomic E-state index is 11.8. The second-order valence-corrected chi connectivity index (χ2v) is 7.18. The first-order valence-corrected chi connectivity index (χ1v) is 9.03. The number of fused-ring (bicyclic) bond motifs is 1. The molecule has 10 heteroatoms. The number of carbonyl (C=O) groups is 1. The number of nitrogens with two attached hydrogens (primary N) is 4. The van der Waals surface area contributed by atoms with Gasteiger partial charge in [0.15, 0.2) is 0 Å². The van der Waals surface area contributed by atoms with Gasteiger partial charge in [-0.05, 0) is 41.8 Å². The van der Waals surface area contributed by atoms with E-state index >= 15 is 0 Å². The molecule has 1 heterocycles. The highest BCUT2D eigenvalue weighted by molar-refractivity contribution is 7.89. The Morgan fingerprint density at radius 3 is 2.42 bits per heavy atom. The first-order chi connectivity index (χ1) is 12.2. The number of carbonyl (C=O) groups excluding carboxylic acids is 1. The maximum Gasteiger partial charge on any atom is 0.238 e. The molecule has 0 aromatic heterocycles. The molecule has 1 aliphatic heterocycles. The zero-order valence-electron chi connectivity index (χ0n) is 14.0. The van der Waals surface area contributed by atoms with E-state index in [2.05, 4.69) is 17.0 Å². The molecule has 0 saturated heterocycles. The van der Waals surface area contributed by atoms with Crippen LogP contribution in [0.5, 0.6) is 0 Å². The molecular weight excluding hydrogens is 356 g/mol. The van der Waals surface area contributed by atoms with Crippen LogP contribution in [0.25, 0.3) is 11.1 Å². The highest BCUT2D eigenvalue weighted by Gasteiger charge is 2.27. The van der Waals surface area contributed by atoms with Crippen LogP contribution < -0.4 is 27.9 Å². The zero-order chi connectivity index (χ0) is 19.6. The highest BCUT2D eigenvalue weighted by Crippen LogP contribution is 2.37. The van der Waals surface area contributed by atoms with Crippen LogP contribution in [0.2, 0.25) is 0 Å². The van der Waals surface area contributed by atoms with Crippen LogP contribution in [0.4, 0.5) is 5.69 Å². The Balaban J connectivity index is 0.00000117. The first kappa shape index (κ1) is 19.5. The monoisotopic (exact) mass is 376 g/mol. The summed E-state index contributed by atoms with van der Waals surface area (Å²) in [5.41, 5.74) is 8.34. The molecule has 138 valence electrons. The second-order valence-electron chi connectivity index (χ2n) is 5.65. The summed E-state index contributed by atoms with van der Waals surface area (Å²) in [5, 5.41) is 15.8. The van der Waals surface area contributed by atoms with Crippen LogP contribution >= 0.6 is 0 Å². The SMILES string of the molecule is CC1C(=O)Nc2ccc(-c3cccc(S(N)(=O)=O)c3C(=N)N)cc21.NN. The quantitative estimate of drug-likeness (QED) is 0.191. The van der Waals surface area contributed by atoms with E-state index in [0.29, 0.717) is 11.1 Å². The normalized spacial score (nSPS) is 15.5. The van der Waals surface area contributed by atoms with Gasteiger partial charge in [0.25, 0.3) is 0 Å². The summed E-state index contributed by atoms with van der Waals surface area (Å²) in [6.45, 7) is 1.79. The average molecular weight is 376 g/mol. The van der Waals surface area contributed by atoms with E-state index in [0.717, 1.165) is 11.3 Å². The summed E-state index contributed by atoms with van der Waals surface area (Å²) < 4.78 is 23.6. The van der Waals surface area contributed by atoms with E-state index < -0.39 is 15.9 Å². The number of hydrogen-bond donors (Lipinski definition) is 6. The van der Waals surface area contributed by atoms with Crippen molar-refractivity contribution in [1.29, 1.82) is 5.41 Å². The van der Waals surface area contributed by atoms with Gasteiger partial charge in [-0.25, -0.2) is 13.6 Å². The van der Waals surface area contributed by atoms with Gasteiger partial charge < -0.3 is 11.1 Å². The first-order valence-electron chi connectivity index (χ1n) is 7.49. The van der Waals surface area contributed by atoms with E-state index in [-0.39, 0.29) is 22.3 Å². The van der Waals surface area contributed by atoms with Crippen molar-refractivity contribution in [2.45, 2.75) is 17.7 Å². The Morgan fingerprint density at radius 2 is 1.85 bits per heavy atom. The minimum Gasteiger partial charge on any atom is -0.384 e. The average Bonchev–Trinajstić information content (AvgIpc) is 2.89. The molecule has 1 unspecified atom stereocenters. The van der Waals surface area contributed by atoms with Crippen molar-refractivity contribution in [2.24, 2.45) is 22.6 Å². The summed E-state index contributed by atoms with van der Waals surface area (Å²) in [6, 6.07) is 9.82. The fraction of sp³-hybridized carbons (Fsp3) is 0.125. The predicted molar refractivity (Wildman–Crippen MR) is 99.7 cm³/mol. The number of amidine groups is 1. The van der Waals surface area contributed by atoms with Crippen molar-refractivity contribution in [3.8, 4) is 11.1 Å². The molecule has 0 aliphatic carbocycles. The predicted octanol–water partition coefficient (Wildman–Crippen LogP) is 0.159. The number of nitrogen functional groups attached to an aromatic ring is 1. The van der Waals surface area contributed by atoms with Gasteiger partial charge in [-0.15, -0.1) is 0 Å². The Hall–Kier alpha value is -2.79. The number of hydrogen-bond acceptors (Lipinski definition) is 6. The molecule has 1 atom stereocenters. The number of anilines is 1. The van der Waals surface area contributed by atoms with Crippen molar-refractivity contribution in [3.05, 3.63) is 47.5 Å². The van der Waals surface area contributed by atoms with E-state index in [1.165, 1.54) is 6.07 Å². The lowest BCUT2D eigenvalue weighted by Gasteiger charge is -2.14. The Bertz CT molecular complexity index is 987. The van der Waals surface area contributed by atoms with Crippen LogP contribution in [-0.4, -0.2) is 20.2 Å². The fourth-order valence-electron chi connectivity index (χ4n) is 2.87. The van der Waals surface area contributed by atoms with Crippen molar-refractivity contribution < 1.29 is 13.2 Å². The van der Waals surface area contributed by atoms with Crippen LogP contribution in [0, 0.1) is 5.41 Å². The summed E-state index contributed by atoms with van der Waals surface area (Å²) in [7, 11) is -4.03. The number of benzene rings is 2. The van der Waals surface area contributed by atoms with Crippen LogP contribution in [0.3, 0.4) is 0 Å². The number of sulfonamides is 1. The largest absolute Gasteiger partial charge is 0.384 e. The molecule has 9 nitrogen and oxygen atoms in total. The van der Waals surface area contributed by atoms with Gasteiger partial charge in [0.1, 0.15) is 5.84 Å². The van der Waals surface area contributed by atoms with Gasteiger partial charge in [0.2, 0.25) is 15.9 Å². The molecule has 2 aromatic carbocycles. The number of rotatable bonds is 3. The Morgan fingerprint density at radius 1 is 1.19 bits per heavy atom. The van der Waals surface area contributed by atoms with Gasteiger partial charge >= 0.3 is 0 Å². The van der Waals surface area contributed by atoms with Gasteiger partial charge in [-0.2, -0.15) is 0 Å². The highest BCUT2D eigenvalue weighted by atomic mass is 32.2. The van der Waals surface area contributed by atoms with Gasteiger partial charge in [0, 0.05) is 11.3 Å². The maximum atomic E-state index is 11.8. The molecule has 0 fully saturated rings. The Kier molecular flexibility index (Phi) is 5.42. The minimum atomic E-state index is -4.03. The molecular formula is C16H20N6O3S. The molecule has 3 rings (SSSR count). The van der Waals surface area contributed by atoms with Crippen molar-refractivity contribution in [2.75, 3.05) is 5.32 Å². The summed E-state index contributed by atoms with van der Waals surface area (Å²) in [6.07, 6.45) is 0. The lowest BCUT2D eigenvalue weighted by molar-refractivity contribution is -0.116. The zero-order valence-corrected chi connectivity index (χ0v) is 14.8. The lowest BCUT2D eigenvalue weighted by atomic mass is 9.94. The molecule has 2 aromatic rings. The third-order valence-electron chi connectivity index (χ3n) is 4.08. The van der Waals surface area contributed by atoms with Gasteiger partial charge in [0.05, 0.1) is 10.8 Å². The van der Waals surface area contributed by atoms with Gasteiger partial charge in [-0.3, -0.25) is 21.9 Å². The molecule has 26 heavy (non-hydrogen) atoms. The van der Waals surface area contributed by atoms with Crippen LogP contribution in [0.15, 0.2) is 41.3 Å². The van der Waals surface area contributed by atoms with Crippen molar-refractivity contribution in [1.82, 2.24) is 0 Å². The number of nitrogens with one attached hydrogen (secondary N) is 2. The third kappa shape index (κ3) is 3.44. The number of amides is 1. The smallest absolute Gasteiger partial charge is 0.238 e. The molecule has 0 bridgehead atoms. The number of hydrazine groups is 1. The van der Waals surface area contributed by atoms with Gasteiger partial charge in [-0.1, -0.05) is 18.2 Å². The molecule has 10 N–H and O–H groups in total. The fourth-order valence-corrected chi connectivity index (χ4v) is 3.64. The Labute approximate surface area is 150 Å². The molecule has 1 amide bonds. The standard InChI is InChI=1S/C16H16N4O3S.H4N2/c1-8-11-7-9(5-6-12(11)20-16(8)21)10-3-2-4-13(24(19,22)23)14(10)15(17)18;1-2/h2-8H,1H3,(H3,17,18)(H,20,21)(H2,19,22,23);1-2H2. The van der Waals surface area contributed by atoms with E-state index in [1.54, 1.807) is 37.3 Å². The second kappa shape index (κ2) is 7.22. The van der Waals surface area contributed by atoms with Crippen molar-refractivity contribution in [3.63, 3.8) is 0 Å². The number of primary sulfonamides is 1. The van der Waals surface area contributed by atoms with E-state index in [4.69, 9.17) is 16.3 Å². The molecule has 0 radical (unpaired) electrons. The van der Waals surface area contributed by atoms with Crippen molar-refractivity contribution >= 4 is 27.5 Å². The van der Waals surface area contributed by atoms with Crippen LogP contribution in [0.1, 0.15) is 24.0 Å². The van der Waals surface area contributed by atoms with Crippen LogP contribution in [-0.2, 0) is 14.8 Å². The lowest BCUT2D eigenvalue weighted by Crippen LogP contribution is -2.21. The molecule has 1 aliphatic rings. The minimum absolute atomic E-state index is 0.0601. The summed E-state index contributed by atoms with van der Waals surface area (Å²) in [5.74, 6) is 7.21. The summed E-state index contributed by atoms with van der Waals surface area (Å²) >= 11 is 0. The summed E-state index contributed by atoms with van der Waals surface area (Å²) in [4.78, 5) is 11.6. The molecule has 0 saturated carbocycles.